The van der Waals surface area contributed by atoms with Crippen LogP contribution >= 0.6 is 0 Å². The Bertz CT molecular complexity index is 1270. The predicted octanol–water partition coefficient (Wildman–Crippen LogP) is 4.66. The molecular weight excluding hydrogens is 421 g/mol. The van der Waals surface area contributed by atoms with Crippen LogP contribution in [0.15, 0.2) is 60.7 Å². The first-order chi connectivity index (χ1) is 15.8. The minimum absolute atomic E-state index is 0.379. The third-order valence-corrected chi connectivity index (χ3v) is 6.52. The topological polar surface area (TPSA) is 79.5 Å². The summed E-state index contributed by atoms with van der Waals surface area (Å²) in [5.74, 6) is -2.51. The quantitative estimate of drug-likeness (QED) is 0.511. The number of anilines is 3. The van der Waals surface area contributed by atoms with Gasteiger partial charge in [-0.15, -0.1) is 0 Å². The third kappa shape index (κ3) is 3.23. The first-order valence-corrected chi connectivity index (χ1v) is 10.7. The van der Waals surface area contributed by atoms with E-state index >= 15 is 0 Å². The number of methoxy groups -OCH3 is 1. The highest BCUT2D eigenvalue weighted by Crippen LogP contribution is 2.53. The van der Waals surface area contributed by atoms with E-state index in [1.807, 2.05) is 56.3 Å². The largest absolute Gasteiger partial charge is 0.469 e. The van der Waals surface area contributed by atoms with E-state index in [-0.39, 0.29) is 0 Å². The van der Waals surface area contributed by atoms with E-state index < -0.39 is 35.2 Å². The molecule has 1 amide bonds. The Morgan fingerprint density at radius 2 is 1.70 bits per heavy atom. The molecule has 2 aliphatic heterocycles. The number of nitrogens with one attached hydrogen (secondary N) is 3. The van der Waals surface area contributed by atoms with Gasteiger partial charge in [-0.2, -0.15) is 0 Å². The molecule has 1 spiro atoms. The van der Waals surface area contributed by atoms with Gasteiger partial charge in [-0.05, 0) is 55.8 Å². The van der Waals surface area contributed by atoms with Crippen molar-refractivity contribution in [3.8, 4) is 0 Å². The molecule has 2 aliphatic rings. The molecule has 0 bridgehead atoms. The van der Waals surface area contributed by atoms with Crippen molar-refractivity contribution in [1.82, 2.24) is 0 Å². The molecule has 0 radical (unpaired) electrons. The fourth-order valence-corrected chi connectivity index (χ4v) is 4.93. The van der Waals surface area contributed by atoms with Crippen molar-refractivity contribution >= 4 is 28.9 Å². The van der Waals surface area contributed by atoms with Gasteiger partial charge in [0.05, 0.1) is 13.2 Å². The summed E-state index contributed by atoms with van der Waals surface area (Å²) in [7, 11) is 1.30. The summed E-state index contributed by atoms with van der Waals surface area (Å²) >= 11 is 0. The maximum absolute atomic E-state index is 14.4. The molecule has 0 aromatic heterocycles. The number of amides is 1. The number of ether oxygens (including phenoxy) is 1. The van der Waals surface area contributed by atoms with Crippen LogP contribution in [0.1, 0.15) is 28.3 Å². The van der Waals surface area contributed by atoms with E-state index in [1.54, 1.807) is 0 Å². The van der Waals surface area contributed by atoms with Gasteiger partial charge in [0.2, 0.25) is 0 Å². The highest BCUT2D eigenvalue weighted by Gasteiger charge is 2.61. The Balaban J connectivity index is 1.76. The second-order valence-corrected chi connectivity index (χ2v) is 8.66. The standard InChI is InChI=1S/C26H24FN3O3/c1-14-4-8-17(9-5-14)28-23-18-12-15(2)6-10-20(18)30-26(22(23)24(31)33-3)19-13-16(27)7-11-21(19)29-25(26)32/h4-13,22-23,28,30H,1-3H3,(H,29,32)/t22-,23-,26-/m1/s1. The average Bonchev–Trinajstić information content (AvgIpc) is 3.06. The van der Waals surface area contributed by atoms with Crippen molar-refractivity contribution in [3.05, 3.63) is 88.7 Å². The molecule has 3 aromatic carbocycles. The maximum Gasteiger partial charge on any atom is 0.314 e. The summed E-state index contributed by atoms with van der Waals surface area (Å²) in [4.78, 5) is 26.9. The number of carbonyl (C=O) groups is 2. The molecule has 33 heavy (non-hydrogen) atoms. The summed E-state index contributed by atoms with van der Waals surface area (Å²) in [5, 5.41) is 9.59. The molecule has 0 unspecified atom stereocenters. The Kier molecular flexibility index (Phi) is 4.85. The number of rotatable bonds is 3. The van der Waals surface area contributed by atoms with Crippen LogP contribution in [0.25, 0.3) is 0 Å². The van der Waals surface area contributed by atoms with E-state index in [9.17, 15) is 14.0 Å². The highest BCUT2D eigenvalue weighted by atomic mass is 19.1. The van der Waals surface area contributed by atoms with Crippen molar-refractivity contribution in [3.63, 3.8) is 0 Å². The monoisotopic (exact) mass is 445 g/mol. The zero-order chi connectivity index (χ0) is 23.3. The van der Waals surface area contributed by atoms with E-state index in [0.717, 1.165) is 22.4 Å². The number of halogens is 1. The van der Waals surface area contributed by atoms with Crippen LogP contribution in [-0.4, -0.2) is 19.0 Å². The second-order valence-electron chi connectivity index (χ2n) is 8.66. The lowest BCUT2D eigenvalue weighted by Crippen LogP contribution is -2.57. The summed E-state index contributed by atoms with van der Waals surface area (Å²) in [6.45, 7) is 3.96. The number of hydrogen-bond donors (Lipinski definition) is 3. The van der Waals surface area contributed by atoms with Crippen LogP contribution in [0.4, 0.5) is 21.5 Å². The minimum Gasteiger partial charge on any atom is -0.469 e. The first-order valence-electron chi connectivity index (χ1n) is 10.7. The van der Waals surface area contributed by atoms with Crippen LogP contribution < -0.4 is 16.0 Å². The summed E-state index contributed by atoms with van der Waals surface area (Å²) in [5.41, 5.74) is 3.72. The van der Waals surface area contributed by atoms with E-state index in [0.29, 0.717) is 16.9 Å². The van der Waals surface area contributed by atoms with Gasteiger partial charge in [0.25, 0.3) is 5.91 Å². The maximum atomic E-state index is 14.4. The van der Waals surface area contributed by atoms with E-state index in [1.165, 1.54) is 25.3 Å². The molecule has 2 heterocycles. The predicted molar refractivity (Wildman–Crippen MR) is 125 cm³/mol. The van der Waals surface area contributed by atoms with Gasteiger partial charge < -0.3 is 20.7 Å². The van der Waals surface area contributed by atoms with Crippen LogP contribution in [0, 0.1) is 25.6 Å². The van der Waals surface area contributed by atoms with Gasteiger partial charge in [-0.3, -0.25) is 9.59 Å². The third-order valence-electron chi connectivity index (χ3n) is 6.52. The Morgan fingerprint density at radius 1 is 1.00 bits per heavy atom. The summed E-state index contributed by atoms with van der Waals surface area (Å²) < 4.78 is 19.6. The fraction of sp³-hybridized carbons (Fsp3) is 0.231. The molecule has 0 fully saturated rings. The van der Waals surface area contributed by atoms with Gasteiger partial charge in [0, 0.05) is 22.6 Å². The molecule has 168 valence electrons. The average molecular weight is 445 g/mol. The zero-order valence-electron chi connectivity index (χ0n) is 18.5. The lowest BCUT2D eigenvalue weighted by Gasteiger charge is -2.45. The van der Waals surface area contributed by atoms with Gasteiger partial charge >= 0.3 is 5.97 Å². The van der Waals surface area contributed by atoms with Gasteiger partial charge in [-0.1, -0.05) is 35.4 Å². The zero-order valence-corrected chi connectivity index (χ0v) is 18.5. The van der Waals surface area contributed by atoms with Crippen molar-refractivity contribution in [2.45, 2.75) is 25.4 Å². The van der Waals surface area contributed by atoms with Crippen LogP contribution in [0.2, 0.25) is 0 Å². The second kappa shape index (κ2) is 7.62. The number of benzene rings is 3. The molecule has 0 saturated carbocycles. The number of fused-ring (bicyclic) bond motifs is 3. The van der Waals surface area contributed by atoms with Crippen molar-refractivity contribution in [1.29, 1.82) is 0 Å². The molecular formula is C26H24FN3O3. The summed E-state index contributed by atoms with van der Waals surface area (Å²) in [6, 6.07) is 17.1. The van der Waals surface area contributed by atoms with Crippen molar-refractivity contribution < 1.29 is 18.7 Å². The Morgan fingerprint density at radius 3 is 2.42 bits per heavy atom. The number of hydrogen-bond acceptors (Lipinski definition) is 5. The Hall–Kier alpha value is -3.87. The van der Waals surface area contributed by atoms with E-state index in [4.69, 9.17) is 4.74 Å². The highest BCUT2D eigenvalue weighted by molar-refractivity contribution is 6.11. The molecule has 3 aromatic rings. The molecule has 7 heteroatoms. The van der Waals surface area contributed by atoms with Gasteiger partial charge in [0.1, 0.15) is 11.7 Å². The molecule has 3 N–H and O–H groups in total. The molecule has 0 aliphatic carbocycles. The van der Waals surface area contributed by atoms with Crippen LogP contribution in [0.3, 0.4) is 0 Å². The Labute approximate surface area is 191 Å². The van der Waals surface area contributed by atoms with Crippen molar-refractivity contribution in [2.24, 2.45) is 5.92 Å². The van der Waals surface area contributed by atoms with Crippen LogP contribution in [-0.2, 0) is 19.9 Å². The number of esters is 1. The van der Waals surface area contributed by atoms with Crippen molar-refractivity contribution in [2.75, 3.05) is 23.1 Å². The lowest BCUT2D eigenvalue weighted by atomic mass is 9.69. The summed E-state index contributed by atoms with van der Waals surface area (Å²) in [6.07, 6.45) is 0. The van der Waals surface area contributed by atoms with E-state index in [2.05, 4.69) is 16.0 Å². The molecule has 3 atom stereocenters. The number of aryl methyl sites for hydroxylation is 2. The van der Waals surface area contributed by atoms with Gasteiger partial charge in [-0.25, -0.2) is 4.39 Å². The molecule has 0 saturated heterocycles. The smallest absolute Gasteiger partial charge is 0.314 e. The minimum atomic E-state index is -1.55. The SMILES string of the molecule is COC(=O)[C@H]1[C@H](Nc2ccc(C)cc2)c2cc(C)ccc2N[C@@]12C(=O)Nc1ccc(F)cc12. The van der Waals surface area contributed by atoms with Crippen LogP contribution in [0.5, 0.6) is 0 Å². The molecule has 5 rings (SSSR count). The fourth-order valence-electron chi connectivity index (χ4n) is 4.93. The normalized spacial score (nSPS) is 22.7. The molecule has 6 nitrogen and oxygen atoms in total. The lowest BCUT2D eigenvalue weighted by molar-refractivity contribution is -0.151. The first kappa shape index (κ1) is 21.0. The van der Waals surface area contributed by atoms with Gasteiger partial charge in [0.15, 0.2) is 5.54 Å². The number of carbonyl (C=O) groups excluding carboxylic acids is 2.